The highest BCUT2D eigenvalue weighted by atomic mass is 16.2. The van der Waals surface area contributed by atoms with Crippen LogP contribution in [0, 0.1) is 5.92 Å². The first-order chi connectivity index (χ1) is 9.06. The molecule has 1 aliphatic carbocycles. The Morgan fingerprint density at radius 2 is 2.05 bits per heavy atom. The number of rotatable bonds is 6. The van der Waals surface area contributed by atoms with Crippen LogP contribution in [0.3, 0.4) is 0 Å². The van der Waals surface area contributed by atoms with Crippen molar-refractivity contribution in [1.29, 1.82) is 0 Å². The highest BCUT2D eigenvalue weighted by molar-refractivity contribution is 5.84. The van der Waals surface area contributed by atoms with E-state index in [0.717, 1.165) is 25.7 Å². The van der Waals surface area contributed by atoms with E-state index in [1.165, 1.54) is 0 Å². The van der Waals surface area contributed by atoms with E-state index in [1.807, 2.05) is 13.8 Å². The van der Waals surface area contributed by atoms with Crippen LogP contribution in [0.4, 0.5) is 0 Å². The summed E-state index contributed by atoms with van der Waals surface area (Å²) in [6.45, 7) is 5.13. The van der Waals surface area contributed by atoms with Gasteiger partial charge in [0.25, 0.3) is 0 Å². The summed E-state index contributed by atoms with van der Waals surface area (Å²) in [6.07, 6.45) is 4.73. The molecule has 0 spiro atoms. The molecule has 0 saturated heterocycles. The average molecular weight is 269 g/mol. The average Bonchev–Trinajstić information content (AvgIpc) is 2.36. The minimum atomic E-state index is -0.0851. The fourth-order valence-corrected chi connectivity index (χ4v) is 2.70. The quantitative estimate of drug-likeness (QED) is 0.751. The summed E-state index contributed by atoms with van der Waals surface area (Å²) in [5, 5.41) is 2.72. The largest absolute Gasteiger partial charge is 0.355 e. The van der Waals surface area contributed by atoms with Crippen molar-refractivity contribution >= 4 is 11.8 Å². The van der Waals surface area contributed by atoms with Gasteiger partial charge in [-0.25, -0.2) is 0 Å². The molecule has 0 bridgehead atoms. The number of hydrogen-bond donors (Lipinski definition) is 2. The topological polar surface area (TPSA) is 75.4 Å². The van der Waals surface area contributed by atoms with Gasteiger partial charge < -0.3 is 16.0 Å². The lowest BCUT2D eigenvalue weighted by molar-refractivity contribution is -0.136. The van der Waals surface area contributed by atoms with Crippen molar-refractivity contribution in [2.24, 2.45) is 11.7 Å². The molecular formula is C14H27N3O2. The van der Waals surface area contributed by atoms with E-state index in [0.29, 0.717) is 25.4 Å². The molecule has 0 aromatic heterocycles. The second-order valence-electron chi connectivity index (χ2n) is 5.36. The maximum atomic E-state index is 12.2. The number of carbonyl (C=O) groups is 2. The molecule has 0 aromatic rings. The number of carbonyl (C=O) groups excluding carboxylic acids is 2. The van der Waals surface area contributed by atoms with E-state index in [-0.39, 0.29) is 24.4 Å². The Bertz CT molecular complexity index is 307. The fourth-order valence-electron chi connectivity index (χ4n) is 2.70. The van der Waals surface area contributed by atoms with E-state index in [2.05, 4.69) is 5.32 Å². The van der Waals surface area contributed by atoms with E-state index in [1.54, 1.807) is 4.90 Å². The number of nitrogens with zero attached hydrogens (tertiary/aromatic N) is 1. The van der Waals surface area contributed by atoms with Crippen molar-refractivity contribution in [3.05, 3.63) is 0 Å². The summed E-state index contributed by atoms with van der Waals surface area (Å²) in [5.74, 6) is 0.380. The lowest BCUT2D eigenvalue weighted by Crippen LogP contribution is -2.41. The Kier molecular flexibility index (Phi) is 6.84. The Hall–Kier alpha value is -1.10. The normalized spacial score (nSPS) is 22.9. The van der Waals surface area contributed by atoms with Crippen molar-refractivity contribution in [1.82, 2.24) is 10.2 Å². The van der Waals surface area contributed by atoms with Gasteiger partial charge in [0, 0.05) is 25.6 Å². The molecule has 2 amide bonds. The van der Waals surface area contributed by atoms with Gasteiger partial charge in [-0.05, 0) is 39.0 Å². The molecule has 5 nitrogen and oxygen atoms in total. The summed E-state index contributed by atoms with van der Waals surface area (Å²) in [7, 11) is 0. The van der Waals surface area contributed by atoms with Crippen LogP contribution in [0.15, 0.2) is 0 Å². The zero-order valence-electron chi connectivity index (χ0n) is 12.2. The van der Waals surface area contributed by atoms with Crippen LogP contribution < -0.4 is 11.1 Å². The first kappa shape index (κ1) is 16.0. The second-order valence-corrected chi connectivity index (χ2v) is 5.36. The first-order valence-electron chi connectivity index (χ1n) is 7.36. The second kappa shape index (κ2) is 8.15. The third-order valence-electron chi connectivity index (χ3n) is 3.73. The smallest absolute Gasteiger partial charge is 0.239 e. The Morgan fingerprint density at radius 3 is 2.63 bits per heavy atom. The van der Waals surface area contributed by atoms with Crippen molar-refractivity contribution in [3.63, 3.8) is 0 Å². The number of nitrogens with one attached hydrogen (secondary N) is 1. The number of nitrogens with two attached hydrogens (primary N) is 1. The van der Waals surface area contributed by atoms with Gasteiger partial charge >= 0.3 is 0 Å². The van der Waals surface area contributed by atoms with Gasteiger partial charge in [0.2, 0.25) is 11.8 Å². The van der Waals surface area contributed by atoms with Crippen LogP contribution in [0.1, 0.15) is 46.0 Å². The minimum Gasteiger partial charge on any atom is -0.355 e. The van der Waals surface area contributed by atoms with Gasteiger partial charge in [-0.15, -0.1) is 0 Å². The summed E-state index contributed by atoms with van der Waals surface area (Å²) < 4.78 is 0. The monoisotopic (exact) mass is 269 g/mol. The summed E-state index contributed by atoms with van der Waals surface area (Å²) >= 11 is 0. The van der Waals surface area contributed by atoms with Crippen molar-refractivity contribution in [3.8, 4) is 0 Å². The number of likely N-dealkylation sites (N-methyl/N-ethyl adjacent to an activating group) is 2. The van der Waals surface area contributed by atoms with Crippen LogP contribution >= 0.6 is 0 Å². The van der Waals surface area contributed by atoms with Crippen molar-refractivity contribution in [2.75, 3.05) is 19.6 Å². The molecule has 19 heavy (non-hydrogen) atoms. The van der Waals surface area contributed by atoms with E-state index >= 15 is 0 Å². The zero-order valence-corrected chi connectivity index (χ0v) is 12.2. The van der Waals surface area contributed by atoms with Gasteiger partial charge in [0.15, 0.2) is 0 Å². The predicted octanol–water partition coefficient (Wildman–Crippen LogP) is 0.879. The maximum absolute atomic E-state index is 12.2. The molecule has 110 valence electrons. The van der Waals surface area contributed by atoms with Crippen LogP contribution in [0.5, 0.6) is 0 Å². The Balaban J connectivity index is 2.42. The molecule has 0 radical (unpaired) electrons. The SMILES string of the molecule is CCNC(=O)CN(CC)C(=O)CC1CCCC(N)C1. The lowest BCUT2D eigenvalue weighted by Gasteiger charge is -2.28. The van der Waals surface area contributed by atoms with Crippen LogP contribution in [0.2, 0.25) is 0 Å². The van der Waals surface area contributed by atoms with Gasteiger partial charge in [0.1, 0.15) is 0 Å². The molecule has 3 N–H and O–H groups in total. The van der Waals surface area contributed by atoms with E-state index < -0.39 is 0 Å². The molecule has 0 aromatic carbocycles. The van der Waals surface area contributed by atoms with Gasteiger partial charge in [0.05, 0.1) is 6.54 Å². The van der Waals surface area contributed by atoms with Crippen LogP contribution in [-0.4, -0.2) is 42.4 Å². The molecular weight excluding hydrogens is 242 g/mol. The third-order valence-corrected chi connectivity index (χ3v) is 3.73. The van der Waals surface area contributed by atoms with Gasteiger partial charge in [-0.2, -0.15) is 0 Å². The summed E-state index contributed by atoms with van der Waals surface area (Å²) in [6, 6.07) is 0.241. The molecule has 1 aliphatic rings. The van der Waals surface area contributed by atoms with Crippen molar-refractivity contribution in [2.45, 2.75) is 52.0 Å². The van der Waals surface area contributed by atoms with E-state index in [4.69, 9.17) is 5.73 Å². The molecule has 1 rings (SSSR count). The number of amides is 2. The lowest BCUT2D eigenvalue weighted by atomic mass is 9.84. The molecule has 0 heterocycles. The molecule has 1 saturated carbocycles. The summed E-state index contributed by atoms with van der Waals surface area (Å²) in [4.78, 5) is 25.4. The molecule has 1 fully saturated rings. The maximum Gasteiger partial charge on any atom is 0.239 e. The van der Waals surface area contributed by atoms with Gasteiger partial charge in [-0.3, -0.25) is 9.59 Å². The van der Waals surface area contributed by atoms with Crippen molar-refractivity contribution < 1.29 is 9.59 Å². The molecule has 2 atom stereocenters. The van der Waals surface area contributed by atoms with Crippen LogP contribution in [0.25, 0.3) is 0 Å². The highest BCUT2D eigenvalue weighted by Gasteiger charge is 2.24. The van der Waals surface area contributed by atoms with Crippen LogP contribution in [-0.2, 0) is 9.59 Å². The predicted molar refractivity (Wildman–Crippen MR) is 75.5 cm³/mol. The molecule has 5 heteroatoms. The highest BCUT2D eigenvalue weighted by Crippen LogP contribution is 2.26. The molecule has 2 unspecified atom stereocenters. The standard InChI is InChI=1S/C14H27N3O2/c1-3-16-13(18)10-17(4-2)14(19)9-11-6-5-7-12(15)8-11/h11-12H,3-10,15H2,1-2H3,(H,16,18). The summed E-state index contributed by atoms with van der Waals surface area (Å²) in [5.41, 5.74) is 5.94. The van der Waals surface area contributed by atoms with Gasteiger partial charge in [-0.1, -0.05) is 6.42 Å². The fraction of sp³-hybridized carbons (Fsp3) is 0.857. The first-order valence-corrected chi connectivity index (χ1v) is 7.36. The zero-order chi connectivity index (χ0) is 14.3. The van der Waals surface area contributed by atoms with E-state index in [9.17, 15) is 9.59 Å². The minimum absolute atomic E-state index is 0.0767. The Morgan fingerprint density at radius 1 is 1.32 bits per heavy atom. The molecule has 0 aliphatic heterocycles. The third kappa shape index (κ3) is 5.59. The Labute approximate surface area is 115 Å². The number of hydrogen-bond acceptors (Lipinski definition) is 3.